The van der Waals surface area contributed by atoms with E-state index in [-0.39, 0.29) is 45.2 Å². The minimum Gasteiger partial charge on any atom is -0.507 e. The van der Waals surface area contributed by atoms with Crippen molar-refractivity contribution in [3.63, 3.8) is 0 Å². The Morgan fingerprint density at radius 3 is 1.03 bits per heavy atom. The molecule has 4 nitrogen and oxygen atoms in total. The lowest BCUT2D eigenvalue weighted by molar-refractivity contribution is -0.148. The molecule has 0 aliphatic heterocycles. The number of esters is 1. The molecule has 0 spiro atoms. The molecular weight excluding hydrogens is 460 g/mol. The lowest BCUT2D eigenvalue weighted by Gasteiger charge is -2.32. The Bertz CT molecular complexity index is 991. The van der Waals surface area contributed by atoms with Crippen LogP contribution in [0, 0.1) is 0 Å². The van der Waals surface area contributed by atoms with Crippen LogP contribution in [-0.4, -0.2) is 22.3 Å². The summed E-state index contributed by atoms with van der Waals surface area (Å²) in [5.74, 6) is -0.508. The van der Waals surface area contributed by atoms with Crippen LogP contribution in [0.4, 0.5) is 0 Å². The zero-order chi connectivity index (χ0) is 28.9. The predicted molar refractivity (Wildman–Crippen MR) is 154 cm³/mol. The lowest BCUT2D eigenvalue weighted by atomic mass is 9.74. The minimum atomic E-state index is -0.715. The second-order valence-electron chi connectivity index (χ2n) is 14.8. The third-order valence-electron chi connectivity index (χ3n) is 6.75. The van der Waals surface area contributed by atoms with Gasteiger partial charge in [0.15, 0.2) is 0 Å². The van der Waals surface area contributed by atoms with Gasteiger partial charge >= 0.3 is 5.97 Å². The number of hydrogen-bond acceptors (Lipinski definition) is 4. The summed E-state index contributed by atoms with van der Waals surface area (Å²) >= 11 is 0. The molecule has 4 heteroatoms. The Hall–Kier alpha value is -2.49. The Labute approximate surface area is 225 Å². The summed E-state index contributed by atoms with van der Waals surface area (Å²) in [5.41, 5.74) is 3.39. The van der Waals surface area contributed by atoms with Gasteiger partial charge in [0.1, 0.15) is 17.4 Å². The molecule has 0 heterocycles. The molecule has 0 fully saturated rings. The molecule has 2 aromatic rings. The van der Waals surface area contributed by atoms with Crippen molar-refractivity contribution in [3.05, 3.63) is 57.6 Å². The van der Waals surface area contributed by atoms with Gasteiger partial charge in [-0.1, -0.05) is 107 Å². The average Bonchev–Trinajstić information content (AvgIpc) is 2.66. The maximum absolute atomic E-state index is 13.8. The number of ether oxygens (including phenoxy) is 1. The van der Waals surface area contributed by atoms with E-state index >= 15 is 0 Å². The van der Waals surface area contributed by atoms with Gasteiger partial charge in [-0.25, -0.2) is 0 Å². The van der Waals surface area contributed by atoms with E-state index in [9.17, 15) is 15.0 Å². The van der Waals surface area contributed by atoms with E-state index in [4.69, 9.17) is 4.74 Å². The van der Waals surface area contributed by atoms with Gasteiger partial charge in [0.05, 0.1) is 6.10 Å². The molecule has 0 atom stereocenters. The summed E-state index contributed by atoms with van der Waals surface area (Å²) in [6, 6.07) is 7.82. The van der Waals surface area contributed by atoms with Gasteiger partial charge in [-0.2, -0.15) is 0 Å². The molecule has 2 N–H and O–H groups in total. The van der Waals surface area contributed by atoms with Gasteiger partial charge in [0.25, 0.3) is 0 Å². The quantitative estimate of drug-likeness (QED) is 0.405. The zero-order valence-electron chi connectivity index (χ0n) is 25.7. The van der Waals surface area contributed by atoms with Crippen LogP contribution in [0.5, 0.6) is 11.5 Å². The van der Waals surface area contributed by atoms with E-state index in [2.05, 4.69) is 83.1 Å². The Morgan fingerprint density at radius 1 is 0.595 bits per heavy atom. The SMILES string of the molecule is CC(C)OC(=O)C(c1cc(C(C)(C)C)c(O)c(C(C)(C)C)c1)c1cc(C(C)(C)C)c(O)c(C(C)(C)C)c1. The van der Waals surface area contributed by atoms with Crippen molar-refractivity contribution < 1.29 is 19.7 Å². The molecule has 37 heavy (non-hydrogen) atoms. The molecule has 0 bridgehead atoms. The van der Waals surface area contributed by atoms with Crippen molar-refractivity contribution in [2.24, 2.45) is 0 Å². The van der Waals surface area contributed by atoms with Crippen LogP contribution in [0.1, 0.15) is 136 Å². The first-order valence-electron chi connectivity index (χ1n) is 13.4. The number of hydrogen-bond donors (Lipinski definition) is 2. The third kappa shape index (κ3) is 6.89. The smallest absolute Gasteiger partial charge is 0.318 e. The van der Waals surface area contributed by atoms with E-state index < -0.39 is 5.92 Å². The van der Waals surface area contributed by atoms with Crippen molar-refractivity contribution in [3.8, 4) is 11.5 Å². The summed E-state index contributed by atoms with van der Waals surface area (Å²) < 4.78 is 5.82. The summed E-state index contributed by atoms with van der Waals surface area (Å²) in [6.45, 7) is 28.5. The van der Waals surface area contributed by atoms with E-state index in [1.165, 1.54) is 0 Å². The Kier molecular flexibility index (Phi) is 8.31. The number of carbonyl (C=O) groups excluding carboxylic acids is 1. The monoisotopic (exact) mass is 510 g/mol. The van der Waals surface area contributed by atoms with Crippen molar-refractivity contribution >= 4 is 5.97 Å². The molecule has 0 aliphatic rings. The van der Waals surface area contributed by atoms with E-state index in [0.29, 0.717) is 0 Å². The minimum absolute atomic E-state index is 0.274. The number of phenolic OH excluding ortho intramolecular Hbond substituents is 2. The highest BCUT2D eigenvalue weighted by Crippen LogP contribution is 2.45. The molecule has 0 aliphatic carbocycles. The van der Waals surface area contributed by atoms with Crippen LogP contribution in [0.25, 0.3) is 0 Å². The van der Waals surface area contributed by atoms with Gasteiger partial charge in [-0.15, -0.1) is 0 Å². The van der Waals surface area contributed by atoms with Crippen LogP contribution >= 0.6 is 0 Å². The fourth-order valence-electron chi connectivity index (χ4n) is 4.70. The molecule has 2 rings (SSSR count). The number of phenols is 2. The van der Waals surface area contributed by atoms with Crippen LogP contribution in [0.3, 0.4) is 0 Å². The molecular formula is C33H50O4. The standard InChI is InChI=1S/C33H50O4/c1-19(2)37-29(36)26(20-15-22(30(3,4)5)27(34)23(16-20)31(6,7)8)21-17-24(32(9,10)11)28(35)25(18-21)33(12,13)14/h15-19,26,34-35H,1-14H3. The number of benzene rings is 2. The van der Waals surface area contributed by atoms with Crippen molar-refractivity contribution in [1.82, 2.24) is 0 Å². The first-order valence-corrected chi connectivity index (χ1v) is 13.4. The summed E-state index contributed by atoms with van der Waals surface area (Å²) in [7, 11) is 0. The van der Waals surface area contributed by atoms with Crippen molar-refractivity contribution in [2.75, 3.05) is 0 Å². The van der Waals surface area contributed by atoms with Gasteiger partial charge in [-0.05, 0) is 68.9 Å². The number of aromatic hydroxyl groups is 2. The molecule has 0 radical (unpaired) electrons. The van der Waals surface area contributed by atoms with Crippen LogP contribution in [-0.2, 0) is 31.2 Å². The van der Waals surface area contributed by atoms with Crippen molar-refractivity contribution in [1.29, 1.82) is 0 Å². The first-order chi connectivity index (χ1) is 16.5. The Balaban J connectivity index is 3.06. The fourth-order valence-corrected chi connectivity index (χ4v) is 4.70. The highest BCUT2D eigenvalue weighted by Gasteiger charge is 2.35. The van der Waals surface area contributed by atoms with E-state index in [0.717, 1.165) is 33.4 Å². The molecule has 0 saturated carbocycles. The second-order valence-corrected chi connectivity index (χ2v) is 14.8. The average molecular weight is 511 g/mol. The first kappa shape index (κ1) is 30.7. The van der Waals surface area contributed by atoms with Crippen LogP contribution < -0.4 is 0 Å². The summed E-state index contributed by atoms with van der Waals surface area (Å²) in [6.07, 6.45) is -0.280. The predicted octanol–water partition coefficient (Wildman–Crippen LogP) is 8.37. The zero-order valence-corrected chi connectivity index (χ0v) is 25.7. The maximum atomic E-state index is 13.8. The molecule has 0 aromatic heterocycles. The van der Waals surface area contributed by atoms with Crippen LogP contribution in [0.15, 0.2) is 24.3 Å². The van der Waals surface area contributed by atoms with Crippen LogP contribution in [0.2, 0.25) is 0 Å². The molecule has 0 amide bonds. The van der Waals surface area contributed by atoms with E-state index in [1.807, 2.05) is 38.1 Å². The van der Waals surface area contributed by atoms with Gasteiger partial charge < -0.3 is 14.9 Å². The number of rotatable bonds is 4. The molecule has 206 valence electrons. The topological polar surface area (TPSA) is 66.8 Å². The molecule has 0 saturated heterocycles. The van der Waals surface area contributed by atoms with Gasteiger partial charge in [0, 0.05) is 0 Å². The van der Waals surface area contributed by atoms with Crippen molar-refractivity contribution in [2.45, 2.75) is 131 Å². The maximum Gasteiger partial charge on any atom is 0.318 e. The second kappa shape index (κ2) is 10.0. The molecule has 0 unspecified atom stereocenters. The molecule has 2 aromatic carbocycles. The lowest BCUT2D eigenvalue weighted by Crippen LogP contribution is -2.25. The third-order valence-corrected chi connectivity index (χ3v) is 6.75. The normalized spacial score (nSPS) is 13.4. The van der Waals surface area contributed by atoms with Gasteiger partial charge in [-0.3, -0.25) is 4.79 Å². The number of carbonyl (C=O) groups is 1. The largest absolute Gasteiger partial charge is 0.507 e. The summed E-state index contributed by atoms with van der Waals surface area (Å²) in [5, 5.41) is 22.6. The van der Waals surface area contributed by atoms with E-state index in [1.54, 1.807) is 0 Å². The summed E-state index contributed by atoms with van der Waals surface area (Å²) in [4.78, 5) is 13.8. The fraction of sp³-hybridized carbons (Fsp3) is 0.606. The highest BCUT2D eigenvalue weighted by atomic mass is 16.5. The Morgan fingerprint density at radius 2 is 0.838 bits per heavy atom. The highest BCUT2D eigenvalue weighted by molar-refractivity contribution is 5.83. The van der Waals surface area contributed by atoms with Gasteiger partial charge in [0.2, 0.25) is 0 Å².